The smallest absolute Gasteiger partial charge is 0.264 e. The summed E-state index contributed by atoms with van der Waals surface area (Å²) >= 11 is 15.8. The maximum absolute atomic E-state index is 14.3. The molecule has 1 N–H and O–H groups in total. The average molecular weight is 703 g/mol. The van der Waals surface area contributed by atoms with Gasteiger partial charge in [0.2, 0.25) is 11.8 Å². The first-order valence-electron chi connectivity index (χ1n) is 13.3. The Balaban J connectivity index is 1.80. The fraction of sp³-hybridized carbons (Fsp3) is 0.188. The number of aryl methyl sites for hydroxylation is 1. The number of sulfonamides is 1. The molecule has 224 valence electrons. The Morgan fingerprint density at radius 2 is 1.56 bits per heavy atom. The highest BCUT2D eigenvalue weighted by molar-refractivity contribution is 9.10. The second kappa shape index (κ2) is 14.4. The number of likely N-dealkylation sites (N-methyl/N-ethyl adjacent to an activating group) is 1. The normalized spacial score (nSPS) is 11.9. The molecular weight excluding hydrogens is 673 g/mol. The minimum atomic E-state index is -4.19. The van der Waals surface area contributed by atoms with Crippen molar-refractivity contribution in [2.45, 2.75) is 30.8 Å². The third-order valence-corrected chi connectivity index (χ3v) is 9.86. The summed E-state index contributed by atoms with van der Waals surface area (Å²) in [7, 11) is -2.69. The van der Waals surface area contributed by atoms with E-state index >= 15 is 0 Å². The number of nitrogens with zero attached hydrogens (tertiary/aromatic N) is 2. The van der Waals surface area contributed by atoms with Crippen molar-refractivity contribution in [2.24, 2.45) is 0 Å². The second-order valence-corrected chi connectivity index (χ2v) is 13.5. The fourth-order valence-corrected chi connectivity index (χ4v) is 6.67. The van der Waals surface area contributed by atoms with Crippen LogP contribution in [0.4, 0.5) is 5.69 Å². The molecule has 0 heterocycles. The summed E-state index contributed by atoms with van der Waals surface area (Å²) in [5, 5.41) is 3.31. The van der Waals surface area contributed by atoms with Crippen LogP contribution in [-0.2, 0) is 32.6 Å². The number of hydrogen-bond donors (Lipinski definition) is 1. The predicted molar refractivity (Wildman–Crippen MR) is 175 cm³/mol. The molecule has 0 bridgehead atoms. The Morgan fingerprint density at radius 1 is 0.860 bits per heavy atom. The Labute approximate surface area is 270 Å². The summed E-state index contributed by atoms with van der Waals surface area (Å²) in [5.74, 6) is -0.973. The first kappa shape index (κ1) is 32.5. The number of hydrogen-bond acceptors (Lipinski definition) is 4. The number of amides is 2. The van der Waals surface area contributed by atoms with Gasteiger partial charge in [-0.05, 0) is 60.5 Å². The van der Waals surface area contributed by atoms with Crippen LogP contribution in [0.5, 0.6) is 0 Å². The van der Waals surface area contributed by atoms with E-state index in [2.05, 4.69) is 21.2 Å². The molecule has 0 aliphatic rings. The molecule has 0 aromatic heterocycles. The van der Waals surface area contributed by atoms with Crippen molar-refractivity contribution in [3.63, 3.8) is 0 Å². The van der Waals surface area contributed by atoms with Crippen LogP contribution in [0.1, 0.15) is 16.7 Å². The lowest BCUT2D eigenvalue weighted by Crippen LogP contribution is -2.53. The van der Waals surface area contributed by atoms with Gasteiger partial charge in [0, 0.05) is 24.5 Å². The molecule has 7 nitrogen and oxygen atoms in total. The standard InChI is InChI=1S/C32H30BrCl2N3O4S/c1-22-11-14-27(15-12-22)43(41,42)38(26-10-6-9-25(33)19-26)21-31(39)37(20-24-13-16-28(34)29(35)17-24)30(32(40)36-2)18-23-7-4-3-5-8-23/h3-17,19,30H,18,20-21H2,1-2H3,(H,36,40)/t30-/m1/s1. The van der Waals surface area contributed by atoms with E-state index in [4.69, 9.17) is 23.2 Å². The van der Waals surface area contributed by atoms with Crippen LogP contribution < -0.4 is 9.62 Å². The lowest BCUT2D eigenvalue weighted by Gasteiger charge is -2.33. The van der Waals surface area contributed by atoms with E-state index in [-0.39, 0.29) is 23.5 Å². The number of halogens is 3. The first-order valence-corrected chi connectivity index (χ1v) is 16.3. The minimum absolute atomic E-state index is 0.0163. The van der Waals surface area contributed by atoms with Gasteiger partial charge < -0.3 is 10.2 Å². The van der Waals surface area contributed by atoms with E-state index in [0.717, 1.165) is 15.4 Å². The van der Waals surface area contributed by atoms with Crippen LogP contribution in [0.25, 0.3) is 0 Å². The Kier molecular flexibility index (Phi) is 10.9. The molecule has 0 saturated heterocycles. The second-order valence-electron chi connectivity index (χ2n) is 9.89. The molecule has 0 unspecified atom stereocenters. The van der Waals surface area contributed by atoms with Crippen LogP contribution >= 0.6 is 39.1 Å². The highest BCUT2D eigenvalue weighted by atomic mass is 79.9. The van der Waals surface area contributed by atoms with E-state index in [1.807, 2.05) is 37.3 Å². The maximum Gasteiger partial charge on any atom is 0.264 e. The zero-order valence-corrected chi connectivity index (χ0v) is 27.4. The van der Waals surface area contributed by atoms with Crippen molar-refractivity contribution >= 4 is 66.7 Å². The van der Waals surface area contributed by atoms with Gasteiger partial charge in [-0.2, -0.15) is 0 Å². The Hall–Kier alpha value is -3.37. The minimum Gasteiger partial charge on any atom is -0.357 e. The molecule has 0 spiro atoms. The summed E-state index contributed by atoms with van der Waals surface area (Å²) in [6.45, 7) is 1.28. The summed E-state index contributed by atoms with van der Waals surface area (Å²) in [5.41, 5.74) is 2.64. The molecule has 2 amide bonds. The molecule has 0 fully saturated rings. The van der Waals surface area contributed by atoms with Crippen molar-refractivity contribution in [3.05, 3.63) is 128 Å². The number of carbonyl (C=O) groups excluding carboxylic acids is 2. The van der Waals surface area contributed by atoms with Gasteiger partial charge in [-0.3, -0.25) is 13.9 Å². The van der Waals surface area contributed by atoms with E-state index in [1.165, 1.54) is 24.1 Å². The molecular formula is C32H30BrCl2N3O4S. The highest BCUT2D eigenvalue weighted by Crippen LogP contribution is 2.28. The summed E-state index contributed by atoms with van der Waals surface area (Å²) < 4.78 is 29.8. The van der Waals surface area contributed by atoms with E-state index < -0.39 is 34.4 Å². The van der Waals surface area contributed by atoms with Crippen molar-refractivity contribution in [1.29, 1.82) is 0 Å². The van der Waals surface area contributed by atoms with Gasteiger partial charge in [-0.1, -0.05) is 99.3 Å². The summed E-state index contributed by atoms with van der Waals surface area (Å²) in [6.07, 6.45) is 0.204. The van der Waals surface area contributed by atoms with Gasteiger partial charge in [-0.25, -0.2) is 8.42 Å². The van der Waals surface area contributed by atoms with Gasteiger partial charge in [0.15, 0.2) is 0 Å². The van der Waals surface area contributed by atoms with Gasteiger partial charge >= 0.3 is 0 Å². The fourth-order valence-electron chi connectivity index (χ4n) is 4.55. The van der Waals surface area contributed by atoms with Crippen molar-refractivity contribution < 1.29 is 18.0 Å². The summed E-state index contributed by atoms with van der Waals surface area (Å²) in [4.78, 5) is 29.1. The quantitative estimate of drug-likeness (QED) is 0.190. The molecule has 11 heteroatoms. The van der Waals surface area contributed by atoms with Crippen LogP contribution in [0.15, 0.2) is 106 Å². The predicted octanol–water partition coefficient (Wildman–Crippen LogP) is 6.65. The molecule has 1 atom stereocenters. The van der Waals surface area contributed by atoms with Crippen LogP contribution in [0.3, 0.4) is 0 Å². The van der Waals surface area contributed by atoms with Gasteiger partial charge in [0.05, 0.1) is 20.6 Å². The van der Waals surface area contributed by atoms with Crippen molar-refractivity contribution in [3.8, 4) is 0 Å². The Morgan fingerprint density at radius 3 is 2.19 bits per heavy atom. The molecule has 4 aromatic rings. The number of anilines is 1. The molecule has 0 radical (unpaired) electrons. The van der Waals surface area contributed by atoms with E-state index in [0.29, 0.717) is 20.1 Å². The topological polar surface area (TPSA) is 86.8 Å². The van der Waals surface area contributed by atoms with Crippen molar-refractivity contribution in [1.82, 2.24) is 10.2 Å². The molecule has 43 heavy (non-hydrogen) atoms. The average Bonchev–Trinajstić information content (AvgIpc) is 2.99. The SMILES string of the molecule is CNC(=O)[C@@H](Cc1ccccc1)N(Cc1ccc(Cl)c(Cl)c1)C(=O)CN(c1cccc(Br)c1)S(=O)(=O)c1ccc(C)cc1. The van der Waals surface area contributed by atoms with Crippen molar-refractivity contribution in [2.75, 3.05) is 17.9 Å². The van der Waals surface area contributed by atoms with E-state index in [9.17, 15) is 18.0 Å². The number of rotatable bonds is 11. The van der Waals surface area contributed by atoms with E-state index in [1.54, 1.807) is 54.6 Å². The first-order chi connectivity index (χ1) is 20.5. The van der Waals surface area contributed by atoms with Gasteiger partial charge in [-0.15, -0.1) is 0 Å². The van der Waals surface area contributed by atoms with Gasteiger partial charge in [0.1, 0.15) is 12.6 Å². The van der Waals surface area contributed by atoms with Crippen LogP contribution in [0.2, 0.25) is 10.0 Å². The van der Waals surface area contributed by atoms with Crippen LogP contribution in [0, 0.1) is 6.92 Å². The third-order valence-electron chi connectivity index (χ3n) is 6.84. The van der Waals surface area contributed by atoms with Crippen LogP contribution in [-0.4, -0.2) is 44.8 Å². The molecule has 4 aromatic carbocycles. The summed E-state index contributed by atoms with van der Waals surface area (Å²) in [6, 6.07) is 26.4. The lowest BCUT2D eigenvalue weighted by atomic mass is 10.0. The number of carbonyl (C=O) groups is 2. The zero-order valence-electron chi connectivity index (χ0n) is 23.5. The molecule has 0 aliphatic carbocycles. The third kappa shape index (κ3) is 8.17. The number of benzene rings is 4. The Bertz CT molecular complexity index is 1700. The molecule has 0 aliphatic heterocycles. The maximum atomic E-state index is 14.3. The number of nitrogens with one attached hydrogen (secondary N) is 1. The molecule has 0 saturated carbocycles. The highest BCUT2D eigenvalue weighted by Gasteiger charge is 2.34. The zero-order chi connectivity index (χ0) is 31.1. The largest absolute Gasteiger partial charge is 0.357 e. The van der Waals surface area contributed by atoms with Gasteiger partial charge in [0.25, 0.3) is 10.0 Å². The molecule has 4 rings (SSSR count). The lowest BCUT2D eigenvalue weighted by molar-refractivity contribution is -0.139. The monoisotopic (exact) mass is 701 g/mol.